The van der Waals surface area contributed by atoms with E-state index in [0.717, 1.165) is 10.1 Å². The lowest BCUT2D eigenvalue weighted by molar-refractivity contribution is -0.364. The second-order valence-corrected chi connectivity index (χ2v) is 8.22. The Morgan fingerprint density at radius 3 is 2.43 bits per heavy atom. The summed E-state index contributed by atoms with van der Waals surface area (Å²) < 4.78 is 2.45. The Hall–Kier alpha value is -3.09. The predicted molar refractivity (Wildman–Crippen MR) is 116 cm³/mol. The zero-order valence-electron chi connectivity index (χ0n) is 16.0. The maximum absolute atomic E-state index is 13.3. The molecular weight excluding hydrogens is 425 g/mol. The van der Waals surface area contributed by atoms with Gasteiger partial charge in [-0.15, -0.1) is 0 Å². The fourth-order valence-corrected chi connectivity index (χ4v) is 4.73. The molecule has 2 aromatic carbocycles. The Kier molecular flexibility index (Phi) is 4.07. The third kappa shape index (κ3) is 2.41. The highest BCUT2D eigenvalue weighted by Gasteiger charge is 2.44. The van der Waals surface area contributed by atoms with E-state index in [2.05, 4.69) is 4.99 Å². The molecule has 1 aromatic heterocycles. The molecule has 1 unspecified atom stereocenters. The largest absolute Gasteiger partial charge is 0.507 e. The van der Waals surface area contributed by atoms with Crippen LogP contribution < -0.4 is 16.2 Å². The Morgan fingerprint density at radius 1 is 1.00 bits per heavy atom. The fourth-order valence-electron chi connectivity index (χ4n) is 4.32. The Bertz CT molecular complexity index is 1450. The van der Waals surface area contributed by atoms with Crippen molar-refractivity contribution >= 4 is 40.5 Å². The van der Waals surface area contributed by atoms with Gasteiger partial charge >= 0.3 is 5.69 Å². The minimum absolute atomic E-state index is 0.0655. The van der Waals surface area contributed by atoms with E-state index < -0.39 is 17.2 Å². The third-order valence-corrected chi connectivity index (χ3v) is 6.34. The van der Waals surface area contributed by atoms with Crippen LogP contribution in [-0.2, 0) is 14.1 Å². The molecule has 5 rings (SSSR count). The first-order chi connectivity index (χ1) is 14.3. The van der Waals surface area contributed by atoms with E-state index in [0.29, 0.717) is 43.8 Å². The quantitative estimate of drug-likeness (QED) is 0.607. The number of hydrogen-bond acceptors (Lipinski definition) is 3. The van der Waals surface area contributed by atoms with E-state index in [1.54, 1.807) is 25.2 Å². The second kappa shape index (κ2) is 6.45. The number of aliphatic hydroxyl groups is 1. The van der Waals surface area contributed by atoms with Crippen molar-refractivity contribution in [3.63, 3.8) is 0 Å². The fraction of sp³-hybridized carbons (Fsp3) is 0.136. The van der Waals surface area contributed by atoms with E-state index in [1.165, 1.54) is 11.6 Å². The smallest absolute Gasteiger partial charge is 0.417 e. The molecule has 6 nitrogen and oxygen atoms in total. The average Bonchev–Trinajstić information content (AvgIpc) is 3.03. The Morgan fingerprint density at radius 2 is 1.70 bits per heavy atom. The number of halogens is 2. The van der Waals surface area contributed by atoms with Gasteiger partial charge in [0.2, 0.25) is 0 Å². The maximum atomic E-state index is 13.3. The van der Waals surface area contributed by atoms with Crippen LogP contribution in [0.1, 0.15) is 28.2 Å². The van der Waals surface area contributed by atoms with E-state index in [9.17, 15) is 14.7 Å². The van der Waals surface area contributed by atoms with E-state index in [-0.39, 0.29) is 5.76 Å². The van der Waals surface area contributed by atoms with Gasteiger partial charge in [0.05, 0.1) is 18.5 Å². The number of aromatic nitrogens is 2. The first-order valence-corrected chi connectivity index (χ1v) is 9.99. The first kappa shape index (κ1) is 18.9. The maximum Gasteiger partial charge on any atom is 0.417 e. The van der Waals surface area contributed by atoms with E-state index >= 15 is 0 Å². The van der Waals surface area contributed by atoms with Crippen LogP contribution in [0.3, 0.4) is 0 Å². The monoisotopic (exact) mass is 440 g/mol. The highest BCUT2D eigenvalue weighted by Crippen LogP contribution is 2.45. The van der Waals surface area contributed by atoms with Gasteiger partial charge in [-0.3, -0.25) is 4.79 Å². The number of aliphatic hydroxyl groups excluding tert-OH is 1. The van der Waals surface area contributed by atoms with Crippen LogP contribution in [0.15, 0.2) is 57.6 Å². The third-order valence-electron chi connectivity index (χ3n) is 5.77. The van der Waals surface area contributed by atoms with E-state index in [1.807, 2.05) is 24.3 Å². The summed E-state index contributed by atoms with van der Waals surface area (Å²) >= 11 is 12.8. The summed E-state index contributed by atoms with van der Waals surface area (Å²) in [5.41, 5.74) is 2.59. The second-order valence-electron chi connectivity index (χ2n) is 7.37. The van der Waals surface area contributed by atoms with Crippen molar-refractivity contribution < 1.29 is 10.1 Å². The number of fused-ring (bicyclic) bond motifs is 4. The summed E-state index contributed by atoms with van der Waals surface area (Å²) in [4.78, 5) is 29.1. The predicted octanol–water partition coefficient (Wildman–Crippen LogP) is 2.02. The number of rotatable bonds is 1. The van der Waals surface area contributed by atoms with Crippen molar-refractivity contribution in [1.82, 2.24) is 9.13 Å². The Labute approximate surface area is 181 Å². The lowest BCUT2D eigenvalue weighted by atomic mass is 9.81. The summed E-state index contributed by atoms with van der Waals surface area (Å²) in [7, 11) is 3.03. The van der Waals surface area contributed by atoms with Crippen LogP contribution in [0.2, 0.25) is 10.0 Å². The number of nitrogens with one attached hydrogen (secondary N) is 1. The van der Waals surface area contributed by atoms with Gasteiger partial charge in [0.25, 0.3) is 11.4 Å². The molecule has 150 valence electrons. The van der Waals surface area contributed by atoms with Gasteiger partial charge in [0.1, 0.15) is 17.0 Å². The number of allylic oxidation sites excluding steroid dienone is 1. The molecule has 0 fully saturated rings. The summed E-state index contributed by atoms with van der Waals surface area (Å²) in [5, 5.41) is 12.0. The summed E-state index contributed by atoms with van der Waals surface area (Å²) in [5.74, 6) is -0.275. The van der Waals surface area contributed by atoms with Crippen LogP contribution in [-0.4, -0.2) is 20.0 Å². The van der Waals surface area contributed by atoms with Crippen LogP contribution in [0, 0.1) is 0 Å². The summed E-state index contributed by atoms with van der Waals surface area (Å²) in [6, 6.07) is 12.4. The molecule has 0 saturated heterocycles. The van der Waals surface area contributed by atoms with Crippen molar-refractivity contribution in [2.75, 3.05) is 0 Å². The normalized spacial score (nSPS) is 16.8. The summed E-state index contributed by atoms with van der Waals surface area (Å²) in [6.07, 6.45) is 0. The summed E-state index contributed by atoms with van der Waals surface area (Å²) in [6.45, 7) is 0. The van der Waals surface area contributed by atoms with Crippen LogP contribution in [0.4, 0.5) is 5.82 Å². The lowest BCUT2D eigenvalue weighted by Crippen LogP contribution is -2.73. The molecule has 1 aliphatic carbocycles. The molecule has 0 amide bonds. The molecule has 2 heterocycles. The Balaban J connectivity index is 1.98. The molecular formula is C22H16Cl2N3O3+. The molecule has 0 saturated carbocycles. The molecule has 8 heteroatoms. The zero-order valence-corrected chi connectivity index (χ0v) is 17.5. The topological polar surface area (TPSA) is 78.2 Å². The van der Waals surface area contributed by atoms with Crippen molar-refractivity contribution in [3.05, 3.63) is 101 Å². The highest BCUT2D eigenvalue weighted by molar-refractivity contribution is 6.34. The standard InChI is InChI=1S/C22H15Cl2N3O3/c1-26-20-17(21(29)27(2)22(26)30)15(13-9-10(23)7-8-14(13)24)16-18(25-20)11-5-3-4-6-12(11)19(16)28/h3-9,15,28H,1-2H3/p+1. The van der Waals surface area contributed by atoms with Gasteiger partial charge in [-0.2, -0.15) is 4.57 Å². The number of nitrogens with zero attached hydrogens (tertiary/aromatic N) is 2. The number of hydrogen-bond donors (Lipinski definition) is 2. The zero-order chi connectivity index (χ0) is 21.3. The van der Waals surface area contributed by atoms with Crippen molar-refractivity contribution in [3.8, 4) is 0 Å². The molecule has 3 aromatic rings. The highest BCUT2D eigenvalue weighted by atomic mass is 35.5. The average molecular weight is 441 g/mol. The molecule has 2 N–H and O–H groups in total. The first-order valence-electron chi connectivity index (χ1n) is 9.23. The van der Waals surface area contributed by atoms with Crippen LogP contribution in [0.5, 0.6) is 0 Å². The molecule has 1 atom stereocenters. The van der Waals surface area contributed by atoms with Crippen molar-refractivity contribution in [2.45, 2.75) is 5.92 Å². The van der Waals surface area contributed by atoms with Gasteiger partial charge in [0, 0.05) is 28.2 Å². The van der Waals surface area contributed by atoms with Crippen LogP contribution >= 0.6 is 23.2 Å². The van der Waals surface area contributed by atoms with Gasteiger partial charge in [0.15, 0.2) is 0 Å². The minimum Gasteiger partial charge on any atom is -0.507 e. The van der Waals surface area contributed by atoms with E-state index in [4.69, 9.17) is 23.2 Å². The van der Waals surface area contributed by atoms with Crippen molar-refractivity contribution in [1.29, 1.82) is 0 Å². The van der Waals surface area contributed by atoms with Crippen molar-refractivity contribution in [2.24, 2.45) is 14.1 Å². The molecule has 0 radical (unpaired) electrons. The molecule has 0 bridgehead atoms. The molecule has 1 aliphatic heterocycles. The SMILES string of the molecule is Cn1c2c(c(=O)n(C)c1=O)C(c1cc(Cl)ccc1Cl)C1=C(O)c3ccccc3C1=[NH+]2. The van der Waals surface area contributed by atoms with Gasteiger partial charge in [-0.05, 0) is 29.8 Å². The van der Waals surface area contributed by atoms with Gasteiger partial charge in [-0.1, -0.05) is 41.4 Å². The van der Waals surface area contributed by atoms with Gasteiger partial charge < -0.3 is 5.11 Å². The minimum atomic E-state index is -0.708. The molecule has 30 heavy (non-hydrogen) atoms. The lowest BCUT2D eigenvalue weighted by Gasteiger charge is -2.24. The van der Waals surface area contributed by atoms with Crippen LogP contribution in [0.25, 0.3) is 5.76 Å². The molecule has 0 spiro atoms. The van der Waals surface area contributed by atoms with Gasteiger partial charge in [-0.25, -0.2) is 14.4 Å². The molecule has 2 aliphatic rings. The number of benzene rings is 2.